The predicted octanol–water partition coefficient (Wildman–Crippen LogP) is -2.41. The van der Waals surface area contributed by atoms with Crippen molar-refractivity contribution in [2.45, 2.75) is 37.6 Å². The summed E-state index contributed by atoms with van der Waals surface area (Å²) in [7, 11) is 0. The Morgan fingerprint density at radius 1 is 1.37 bits per heavy atom. The topological polar surface area (TPSA) is 190 Å². The minimum atomic E-state index is -1.62. The summed E-state index contributed by atoms with van der Waals surface area (Å²) in [5.74, 6) is 0. The van der Waals surface area contributed by atoms with Gasteiger partial charge in [0.15, 0.2) is 0 Å². The number of aliphatic hydroxyl groups is 4. The first-order valence-electron chi connectivity index (χ1n) is 7.88. The number of likely N-dealkylation sites (N-methyl/N-ethyl adjacent to an activating group) is 1. The van der Waals surface area contributed by atoms with Crippen LogP contribution >= 0.6 is 0 Å². The van der Waals surface area contributed by atoms with Crippen LogP contribution in [0.4, 0.5) is 0 Å². The molecule has 0 aromatic carbocycles. The van der Waals surface area contributed by atoms with Gasteiger partial charge >= 0.3 is 159 Å². The summed E-state index contributed by atoms with van der Waals surface area (Å²) in [6, 6.07) is -1.22. The van der Waals surface area contributed by atoms with Gasteiger partial charge in [-0.1, -0.05) is 0 Å². The van der Waals surface area contributed by atoms with E-state index in [1.54, 1.807) is 6.92 Å². The molecule has 149 valence electrons. The number of ether oxygens (including phenoxy) is 1. The van der Waals surface area contributed by atoms with E-state index in [2.05, 4.69) is 4.01 Å². The number of hydrogen-bond donors (Lipinski definition) is 5. The molecule has 0 bridgehead atoms. The monoisotopic (exact) mass is 451 g/mol. The molecule has 5 atom stereocenters. The first-order valence-corrected chi connectivity index (χ1v) is 9.35. The Balaban J connectivity index is 2.48. The molecule has 1 fully saturated rings. The van der Waals surface area contributed by atoms with E-state index < -0.39 is 68.7 Å². The maximum atomic E-state index is 11.1. The van der Waals surface area contributed by atoms with Crippen LogP contribution in [0.1, 0.15) is 6.92 Å². The van der Waals surface area contributed by atoms with Gasteiger partial charge in [0.05, 0.1) is 0 Å². The fourth-order valence-corrected chi connectivity index (χ4v) is 3.59. The molecule has 0 amide bonds. The van der Waals surface area contributed by atoms with Crippen molar-refractivity contribution < 1.29 is 33.9 Å². The van der Waals surface area contributed by atoms with E-state index in [-0.39, 0.29) is 18.0 Å². The van der Waals surface area contributed by atoms with Crippen molar-refractivity contribution in [3.63, 3.8) is 0 Å². The van der Waals surface area contributed by atoms with E-state index in [0.717, 1.165) is 6.08 Å². The number of rotatable bonds is 6. The van der Waals surface area contributed by atoms with Crippen molar-refractivity contribution in [2.75, 3.05) is 13.2 Å². The molecule has 27 heavy (non-hydrogen) atoms. The molecule has 0 aromatic heterocycles. The summed E-state index contributed by atoms with van der Waals surface area (Å²) in [5, 5.41) is 59.0. The number of nitrogens with zero attached hydrogens (tertiary/aromatic N) is 3. The van der Waals surface area contributed by atoms with Crippen LogP contribution in [0.5, 0.6) is 0 Å². The molecule has 1 aliphatic carbocycles. The number of aliphatic hydroxyl groups excluding tert-OH is 4. The number of nitrogens with one attached hydrogen (secondary N) is 1. The SMILES string of the molecule is CCN(C1=CC=C([N+](=O)[O-])C(=N)/C1=N\[Se]=O)[C@H]1C(O)O[C@H](CO)[C@@H](O)[C@@H]1O. The van der Waals surface area contributed by atoms with Crippen molar-refractivity contribution in [1.82, 2.24) is 4.90 Å². The van der Waals surface area contributed by atoms with Crippen LogP contribution in [0.15, 0.2) is 27.6 Å². The molecule has 2 aliphatic rings. The van der Waals surface area contributed by atoms with E-state index >= 15 is 0 Å². The quantitative estimate of drug-likeness (QED) is 0.127. The van der Waals surface area contributed by atoms with Gasteiger partial charge in [-0.15, -0.1) is 0 Å². The van der Waals surface area contributed by atoms with E-state index in [9.17, 15) is 34.4 Å². The standard InChI is InChI=1S/C14H19N4O8Se/c1-2-17(11-13(21)12(20)8(5-19)26-14(11)22)7-4-3-6(18(23)24)9(15)10(7)16-27-25/h3-4,8,11-15,19-22H,2,5H2,1H3/b15-9?,16-10-/t8-,11-,12-,13-,14?/m1/s1. The molecule has 12 nitrogen and oxygen atoms in total. The van der Waals surface area contributed by atoms with Gasteiger partial charge in [0.2, 0.25) is 0 Å². The van der Waals surface area contributed by atoms with Gasteiger partial charge in [0, 0.05) is 0 Å². The summed E-state index contributed by atoms with van der Waals surface area (Å²) in [4.78, 5) is 11.6. The molecule has 1 saturated heterocycles. The molecule has 1 unspecified atom stereocenters. The summed E-state index contributed by atoms with van der Waals surface area (Å²) in [6.45, 7) is 1.15. The number of hydrogen-bond acceptors (Lipinski definition) is 10. The van der Waals surface area contributed by atoms with Crippen LogP contribution in [-0.2, 0) is 8.57 Å². The molecule has 13 heteroatoms. The molecule has 1 heterocycles. The summed E-state index contributed by atoms with van der Waals surface area (Å²) < 4.78 is 19.9. The second-order valence-corrected chi connectivity index (χ2v) is 6.45. The third-order valence-corrected chi connectivity index (χ3v) is 4.88. The molecular weight excluding hydrogens is 431 g/mol. The van der Waals surface area contributed by atoms with Gasteiger partial charge in [0.25, 0.3) is 0 Å². The zero-order chi connectivity index (χ0) is 20.3. The molecule has 1 radical (unpaired) electrons. The minimum absolute atomic E-state index is 0.104. The van der Waals surface area contributed by atoms with E-state index in [4.69, 9.17) is 10.1 Å². The van der Waals surface area contributed by atoms with Gasteiger partial charge < -0.3 is 0 Å². The van der Waals surface area contributed by atoms with Crippen molar-refractivity contribution in [3.8, 4) is 0 Å². The van der Waals surface area contributed by atoms with Gasteiger partial charge in [-0.3, -0.25) is 0 Å². The second kappa shape index (κ2) is 8.89. The molecule has 0 saturated carbocycles. The van der Waals surface area contributed by atoms with Crippen LogP contribution in [0.25, 0.3) is 0 Å². The molecular formula is C14H19N4O8Se. The number of nitro groups is 1. The maximum absolute atomic E-state index is 11.1. The molecule has 0 aromatic rings. The average Bonchev–Trinajstić information content (AvgIpc) is 2.63. The Kier molecular flexibility index (Phi) is 7.06. The fourth-order valence-electron chi connectivity index (χ4n) is 3.04. The Morgan fingerprint density at radius 2 is 2.04 bits per heavy atom. The molecule has 1 aliphatic heterocycles. The van der Waals surface area contributed by atoms with Gasteiger partial charge in [0.1, 0.15) is 0 Å². The fraction of sp³-hybridized carbons (Fsp3) is 0.571. The number of allylic oxidation sites excluding steroid dienone is 4. The molecule has 2 rings (SSSR count). The normalized spacial score (nSPS) is 32.7. The Morgan fingerprint density at radius 3 is 2.56 bits per heavy atom. The van der Waals surface area contributed by atoms with Gasteiger partial charge in [-0.05, 0) is 0 Å². The molecule has 5 N–H and O–H groups in total. The zero-order valence-corrected chi connectivity index (χ0v) is 15.8. The van der Waals surface area contributed by atoms with Crippen molar-refractivity contribution in [1.29, 1.82) is 5.41 Å². The predicted molar refractivity (Wildman–Crippen MR) is 90.9 cm³/mol. The van der Waals surface area contributed by atoms with Crippen molar-refractivity contribution in [3.05, 3.63) is 33.7 Å². The van der Waals surface area contributed by atoms with Gasteiger partial charge in [-0.25, -0.2) is 0 Å². The van der Waals surface area contributed by atoms with Crippen molar-refractivity contribution in [2.24, 2.45) is 4.01 Å². The average molecular weight is 450 g/mol. The van der Waals surface area contributed by atoms with E-state index in [1.807, 2.05) is 0 Å². The Labute approximate surface area is 159 Å². The Bertz CT molecular complexity index is 724. The first kappa shape index (κ1) is 21.4. The van der Waals surface area contributed by atoms with Crippen LogP contribution in [-0.4, -0.2) is 101 Å². The van der Waals surface area contributed by atoms with Crippen LogP contribution in [0.2, 0.25) is 0 Å². The Hall–Kier alpha value is -1.86. The van der Waals surface area contributed by atoms with Crippen LogP contribution < -0.4 is 0 Å². The van der Waals surface area contributed by atoms with E-state index in [1.165, 1.54) is 11.0 Å². The zero-order valence-electron chi connectivity index (χ0n) is 14.1. The summed E-state index contributed by atoms with van der Waals surface area (Å²) >= 11 is -1.54. The van der Waals surface area contributed by atoms with Crippen LogP contribution in [0, 0.1) is 15.5 Å². The third-order valence-electron chi connectivity index (χ3n) is 4.34. The summed E-state index contributed by atoms with van der Waals surface area (Å²) in [6.07, 6.45) is -3.53. The third kappa shape index (κ3) is 4.04. The van der Waals surface area contributed by atoms with Gasteiger partial charge in [-0.2, -0.15) is 0 Å². The van der Waals surface area contributed by atoms with Crippen LogP contribution in [0.3, 0.4) is 0 Å². The molecule has 0 spiro atoms. The van der Waals surface area contributed by atoms with Crippen molar-refractivity contribution >= 4 is 26.5 Å². The second-order valence-electron chi connectivity index (χ2n) is 5.76. The van der Waals surface area contributed by atoms with E-state index in [0.29, 0.717) is 0 Å². The summed E-state index contributed by atoms with van der Waals surface area (Å²) in [5.41, 5.74) is -1.24. The first-order chi connectivity index (χ1) is 12.8.